The van der Waals surface area contributed by atoms with Gasteiger partial charge in [0, 0.05) is 0 Å². The van der Waals surface area contributed by atoms with Gasteiger partial charge in [-0.25, -0.2) is 4.79 Å². The van der Waals surface area contributed by atoms with Crippen molar-refractivity contribution in [3.8, 4) is 0 Å². The van der Waals surface area contributed by atoms with E-state index in [1.807, 2.05) is 0 Å². The van der Waals surface area contributed by atoms with Gasteiger partial charge in [0.25, 0.3) is 0 Å². The highest BCUT2D eigenvalue weighted by atomic mass is 19.4. The maximum atomic E-state index is 12.3. The van der Waals surface area contributed by atoms with Gasteiger partial charge in [-0.05, 0) is 6.92 Å². The number of carbonyl (C=O) groups is 1. The maximum Gasteiger partial charge on any atom is 0.460 e. The van der Waals surface area contributed by atoms with Crippen molar-refractivity contribution in [2.24, 2.45) is 0 Å². The number of halogens is 7. The summed E-state index contributed by atoms with van der Waals surface area (Å²) in [6.45, 7) is 0.252. The Morgan fingerprint density at radius 3 is 1.69 bits per heavy atom. The minimum absolute atomic E-state index is 0. The fourth-order valence-electron chi connectivity index (χ4n) is 0.528. The van der Waals surface area contributed by atoms with Gasteiger partial charge in [0.15, 0.2) is 0 Å². The lowest BCUT2D eigenvalue weighted by Gasteiger charge is -2.26. The van der Waals surface area contributed by atoms with Gasteiger partial charge in [-0.15, -0.1) is 0 Å². The summed E-state index contributed by atoms with van der Waals surface area (Å²) in [4.78, 5) is 10.2. The minimum atomic E-state index is -6.52. The SMILES string of the molecule is CCOC(=O)C(F)(F)C(F)(F)C(F)(F)F.N. The van der Waals surface area contributed by atoms with Crippen molar-refractivity contribution in [3.05, 3.63) is 0 Å². The Morgan fingerprint density at radius 1 is 1.06 bits per heavy atom. The zero-order chi connectivity index (χ0) is 12.5. The van der Waals surface area contributed by atoms with E-state index in [-0.39, 0.29) is 6.15 Å². The van der Waals surface area contributed by atoms with Gasteiger partial charge in [0.05, 0.1) is 6.61 Å². The van der Waals surface area contributed by atoms with Crippen molar-refractivity contribution >= 4 is 5.97 Å². The summed E-state index contributed by atoms with van der Waals surface area (Å²) in [6.07, 6.45) is -6.52. The second-order valence-corrected chi connectivity index (χ2v) is 2.37. The largest absolute Gasteiger partial charge is 0.461 e. The summed E-state index contributed by atoms with van der Waals surface area (Å²) in [5, 5.41) is 0. The summed E-state index contributed by atoms with van der Waals surface area (Å²) in [5.74, 6) is -15.3. The number of ether oxygens (including phenoxy) is 1. The van der Waals surface area contributed by atoms with E-state index >= 15 is 0 Å². The standard InChI is InChI=1S/C6H5F7O2.H3N/c1-2-15-3(14)4(7,8)5(9,10)6(11,12)13;/h2H2,1H3;1H3. The van der Waals surface area contributed by atoms with Crippen molar-refractivity contribution in [3.63, 3.8) is 0 Å². The van der Waals surface area contributed by atoms with Crippen molar-refractivity contribution in [2.45, 2.75) is 24.9 Å². The maximum absolute atomic E-state index is 12.3. The summed E-state index contributed by atoms with van der Waals surface area (Å²) in [5.41, 5.74) is 0. The van der Waals surface area contributed by atoms with Crippen molar-refractivity contribution in [1.82, 2.24) is 6.15 Å². The first-order chi connectivity index (χ1) is 6.48. The third-order valence-corrected chi connectivity index (χ3v) is 1.28. The molecule has 0 saturated heterocycles. The second-order valence-electron chi connectivity index (χ2n) is 2.37. The van der Waals surface area contributed by atoms with Gasteiger partial charge in [0.1, 0.15) is 0 Å². The third kappa shape index (κ3) is 2.74. The number of alkyl halides is 7. The molecule has 0 radical (unpaired) electrons. The molecular weight excluding hydrogens is 251 g/mol. The van der Waals surface area contributed by atoms with Crippen LogP contribution in [0.15, 0.2) is 0 Å². The molecule has 0 aliphatic carbocycles. The number of carbonyl (C=O) groups excluding carboxylic acids is 1. The molecule has 0 atom stereocenters. The van der Waals surface area contributed by atoms with E-state index in [9.17, 15) is 35.5 Å². The first kappa shape index (κ1) is 17.3. The van der Waals surface area contributed by atoms with Gasteiger partial charge in [0.2, 0.25) is 0 Å². The van der Waals surface area contributed by atoms with E-state index in [4.69, 9.17) is 0 Å². The Kier molecular flexibility index (Phi) is 5.25. The van der Waals surface area contributed by atoms with E-state index < -0.39 is 30.6 Å². The molecule has 0 bridgehead atoms. The fourth-order valence-corrected chi connectivity index (χ4v) is 0.528. The first-order valence-corrected chi connectivity index (χ1v) is 3.48. The fraction of sp³-hybridized carbons (Fsp3) is 0.833. The lowest BCUT2D eigenvalue weighted by Crippen LogP contribution is -2.56. The van der Waals surface area contributed by atoms with Crippen LogP contribution in [0.4, 0.5) is 30.7 Å². The Morgan fingerprint density at radius 2 is 1.44 bits per heavy atom. The highest BCUT2D eigenvalue weighted by Gasteiger charge is 2.77. The summed E-state index contributed by atoms with van der Waals surface area (Å²) in [6, 6.07) is 0. The topological polar surface area (TPSA) is 61.3 Å². The second kappa shape index (κ2) is 4.85. The Hall–Kier alpha value is -1.06. The Balaban J connectivity index is 0. The van der Waals surface area contributed by atoms with Crippen LogP contribution in [0, 0.1) is 0 Å². The summed E-state index contributed by atoms with van der Waals surface area (Å²) in [7, 11) is 0. The molecule has 0 aromatic rings. The molecule has 0 heterocycles. The summed E-state index contributed by atoms with van der Waals surface area (Å²) >= 11 is 0. The normalized spacial score (nSPS) is 13.0. The van der Waals surface area contributed by atoms with E-state index in [2.05, 4.69) is 4.74 Å². The highest BCUT2D eigenvalue weighted by Crippen LogP contribution is 2.46. The lowest BCUT2D eigenvalue weighted by molar-refractivity contribution is -0.348. The molecule has 0 fully saturated rings. The van der Waals surface area contributed by atoms with Crippen molar-refractivity contribution in [1.29, 1.82) is 0 Å². The van der Waals surface area contributed by atoms with Crippen LogP contribution in [0.2, 0.25) is 0 Å². The average Bonchev–Trinajstić information content (AvgIpc) is 2.02. The molecule has 0 aromatic heterocycles. The van der Waals surface area contributed by atoms with E-state index in [0.717, 1.165) is 6.92 Å². The summed E-state index contributed by atoms with van der Waals surface area (Å²) < 4.78 is 86.8. The van der Waals surface area contributed by atoms with E-state index in [1.54, 1.807) is 0 Å². The minimum Gasteiger partial charge on any atom is -0.461 e. The molecule has 0 aliphatic rings. The van der Waals surface area contributed by atoms with Crippen LogP contribution in [-0.2, 0) is 9.53 Å². The molecule has 3 nitrogen and oxygen atoms in total. The molecule has 0 amide bonds. The molecule has 0 spiro atoms. The molecule has 0 aromatic carbocycles. The van der Waals surface area contributed by atoms with Crippen LogP contribution in [0.3, 0.4) is 0 Å². The van der Waals surface area contributed by atoms with E-state index in [1.165, 1.54) is 0 Å². The zero-order valence-electron chi connectivity index (χ0n) is 7.88. The molecule has 0 rings (SSSR count). The zero-order valence-corrected chi connectivity index (χ0v) is 7.88. The van der Waals surface area contributed by atoms with Gasteiger partial charge in [-0.1, -0.05) is 0 Å². The smallest absolute Gasteiger partial charge is 0.460 e. The van der Waals surface area contributed by atoms with Crippen LogP contribution in [0.25, 0.3) is 0 Å². The molecule has 0 unspecified atom stereocenters. The molecule has 16 heavy (non-hydrogen) atoms. The number of esters is 1. The molecule has 98 valence electrons. The van der Waals surface area contributed by atoms with Crippen LogP contribution in [-0.4, -0.2) is 30.6 Å². The molecule has 0 saturated carbocycles. The van der Waals surface area contributed by atoms with Gasteiger partial charge in [-0.2, -0.15) is 30.7 Å². The average molecular weight is 259 g/mol. The third-order valence-electron chi connectivity index (χ3n) is 1.28. The first-order valence-electron chi connectivity index (χ1n) is 3.48. The van der Waals surface area contributed by atoms with Crippen LogP contribution in [0.5, 0.6) is 0 Å². The van der Waals surface area contributed by atoms with Gasteiger partial charge < -0.3 is 10.9 Å². The monoisotopic (exact) mass is 259 g/mol. The van der Waals surface area contributed by atoms with Crippen LogP contribution in [0.1, 0.15) is 6.92 Å². The highest BCUT2D eigenvalue weighted by molar-refractivity contribution is 5.79. The predicted molar refractivity (Wildman–Crippen MR) is 37.6 cm³/mol. The van der Waals surface area contributed by atoms with E-state index in [0.29, 0.717) is 0 Å². The van der Waals surface area contributed by atoms with Crippen molar-refractivity contribution < 1.29 is 40.3 Å². The van der Waals surface area contributed by atoms with Crippen molar-refractivity contribution in [2.75, 3.05) is 6.61 Å². The Bertz CT molecular complexity index is 250. The molecular formula is C6H8F7NO2. The Labute approximate surface area is 85.1 Å². The number of rotatable bonds is 3. The predicted octanol–water partition coefficient (Wildman–Crippen LogP) is 2.54. The quantitative estimate of drug-likeness (QED) is 0.625. The van der Waals surface area contributed by atoms with Crippen LogP contribution >= 0.6 is 0 Å². The number of hydrogen-bond donors (Lipinski definition) is 1. The van der Waals surface area contributed by atoms with Crippen LogP contribution < -0.4 is 6.15 Å². The molecule has 3 N–H and O–H groups in total. The molecule has 10 heteroatoms. The molecule has 0 aliphatic heterocycles. The van der Waals surface area contributed by atoms with Gasteiger partial charge in [-0.3, -0.25) is 0 Å². The van der Waals surface area contributed by atoms with Gasteiger partial charge >= 0.3 is 24.0 Å². The lowest BCUT2D eigenvalue weighted by atomic mass is 10.1. The number of hydrogen-bond acceptors (Lipinski definition) is 3.